The zero-order valence-corrected chi connectivity index (χ0v) is 16.2. The summed E-state index contributed by atoms with van der Waals surface area (Å²) < 4.78 is 16.1. The van der Waals surface area contributed by atoms with E-state index in [-0.39, 0.29) is 18.6 Å². The van der Waals surface area contributed by atoms with Gasteiger partial charge in [0, 0.05) is 18.2 Å². The van der Waals surface area contributed by atoms with Crippen molar-refractivity contribution in [2.45, 2.75) is 39.3 Å². The molecule has 0 saturated heterocycles. The lowest BCUT2D eigenvalue weighted by Crippen LogP contribution is -2.21. The molecule has 27 heavy (non-hydrogen) atoms. The van der Waals surface area contributed by atoms with Gasteiger partial charge in [0.05, 0.1) is 13.7 Å². The fraction of sp³-hybridized carbons (Fsp3) is 0.409. The van der Waals surface area contributed by atoms with Crippen molar-refractivity contribution in [2.75, 3.05) is 20.3 Å². The number of hydrogen-bond donors (Lipinski definition) is 1. The van der Waals surface area contributed by atoms with Crippen LogP contribution in [0.1, 0.15) is 41.1 Å². The Labute approximate surface area is 160 Å². The monoisotopic (exact) mass is 369 g/mol. The third-order valence-electron chi connectivity index (χ3n) is 4.82. The van der Waals surface area contributed by atoms with E-state index in [2.05, 4.69) is 34.3 Å². The second-order valence-electron chi connectivity index (χ2n) is 6.89. The summed E-state index contributed by atoms with van der Waals surface area (Å²) >= 11 is 0. The van der Waals surface area contributed by atoms with Gasteiger partial charge in [0.15, 0.2) is 6.61 Å². The summed E-state index contributed by atoms with van der Waals surface area (Å²) in [5.41, 5.74) is 4.44. The number of esters is 1. The Hall–Kier alpha value is -2.53. The van der Waals surface area contributed by atoms with E-state index in [4.69, 9.17) is 9.47 Å². The number of carbonyl (C=O) groups is 1. The highest BCUT2D eigenvalue weighted by atomic mass is 16.6. The number of nitrogens with one attached hydrogen (secondary N) is 1. The quantitative estimate of drug-likeness (QED) is 0.784. The number of fused-ring (bicyclic) bond motifs is 1. The fourth-order valence-electron chi connectivity index (χ4n) is 3.54. The average molecular weight is 369 g/mol. The molecule has 2 aromatic rings. The van der Waals surface area contributed by atoms with Crippen molar-refractivity contribution >= 4 is 5.97 Å². The van der Waals surface area contributed by atoms with E-state index in [1.54, 1.807) is 0 Å². The van der Waals surface area contributed by atoms with Crippen LogP contribution in [0.5, 0.6) is 11.5 Å². The summed E-state index contributed by atoms with van der Waals surface area (Å²) in [6, 6.07) is 12.7. The zero-order chi connectivity index (χ0) is 19.2. The van der Waals surface area contributed by atoms with Crippen molar-refractivity contribution in [2.24, 2.45) is 0 Å². The highest BCUT2D eigenvalue weighted by Gasteiger charge is 2.19. The van der Waals surface area contributed by atoms with E-state index in [1.165, 1.54) is 18.2 Å². The van der Waals surface area contributed by atoms with Gasteiger partial charge in [-0.25, -0.2) is 4.79 Å². The van der Waals surface area contributed by atoms with Crippen molar-refractivity contribution in [1.29, 1.82) is 0 Å². The number of hydrogen-bond acceptors (Lipinski definition) is 5. The lowest BCUT2D eigenvalue weighted by Gasteiger charge is -2.19. The Morgan fingerprint density at radius 1 is 1.22 bits per heavy atom. The largest absolute Gasteiger partial charge is 0.493 e. The van der Waals surface area contributed by atoms with E-state index in [9.17, 15) is 4.79 Å². The van der Waals surface area contributed by atoms with Crippen molar-refractivity contribution in [1.82, 2.24) is 5.32 Å². The molecule has 0 saturated carbocycles. The molecule has 0 spiro atoms. The van der Waals surface area contributed by atoms with Crippen molar-refractivity contribution < 1.29 is 19.0 Å². The van der Waals surface area contributed by atoms with E-state index < -0.39 is 0 Å². The first-order valence-corrected chi connectivity index (χ1v) is 9.33. The molecule has 1 N–H and O–H groups in total. The Morgan fingerprint density at radius 2 is 1.96 bits per heavy atom. The molecular formula is C22H27NO4. The number of aryl methyl sites for hydroxylation is 2. The van der Waals surface area contributed by atoms with E-state index in [0.29, 0.717) is 0 Å². The summed E-state index contributed by atoms with van der Waals surface area (Å²) in [7, 11) is 1.36. The molecule has 0 radical (unpaired) electrons. The number of benzene rings is 2. The van der Waals surface area contributed by atoms with Crippen LogP contribution in [-0.2, 0) is 16.1 Å². The smallest absolute Gasteiger partial charge is 0.343 e. The van der Waals surface area contributed by atoms with Gasteiger partial charge in [-0.3, -0.25) is 0 Å². The summed E-state index contributed by atoms with van der Waals surface area (Å²) in [6.07, 6.45) is 2.08. The van der Waals surface area contributed by atoms with Crippen LogP contribution in [0.4, 0.5) is 0 Å². The molecule has 0 amide bonds. The predicted molar refractivity (Wildman–Crippen MR) is 104 cm³/mol. The maximum absolute atomic E-state index is 11.3. The van der Waals surface area contributed by atoms with Crippen LogP contribution >= 0.6 is 0 Å². The van der Waals surface area contributed by atoms with Crippen molar-refractivity contribution in [3.8, 4) is 11.5 Å². The molecule has 1 aliphatic heterocycles. The van der Waals surface area contributed by atoms with Crippen LogP contribution in [0.2, 0.25) is 0 Å². The molecule has 0 fully saturated rings. The van der Waals surface area contributed by atoms with Crippen LogP contribution < -0.4 is 14.8 Å². The summed E-state index contributed by atoms with van der Waals surface area (Å²) in [5, 5.41) is 3.67. The number of methoxy groups -OCH3 is 1. The lowest BCUT2D eigenvalue weighted by atomic mass is 10.0. The minimum atomic E-state index is -0.381. The molecule has 1 atom stereocenters. The van der Waals surface area contributed by atoms with Gasteiger partial charge in [-0.05, 0) is 49.4 Å². The highest BCUT2D eigenvalue weighted by Crippen LogP contribution is 2.32. The van der Waals surface area contributed by atoms with Crippen LogP contribution in [0.3, 0.4) is 0 Å². The topological polar surface area (TPSA) is 56.8 Å². The third kappa shape index (κ3) is 4.80. The van der Waals surface area contributed by atoms with Gasteiger partial charge >= 0.3 is 5.97 Å². The molecule has 5 nitrogen and oxygen atoms in total. The normalized spacial score (nSPS) is 16.0. The summed E-state index contributed by atoms with van der Waals surface area (Å²) in [4.78, 5) is 11.3. The zero-order valence-electron chi connectivity index (χ0n) is 16.2. The first-order chi connectivity index (χ1) is 13.1. The molecule has 0 bridgehead atoms. The second-order valence-corrected chi connectivity index (χ2v) is 6.89. The number of ether oxygens (including phenoxy) is 3. The van der Waals surface area contributed by atoms with Gasteiger partial charge in [0.2, 0.25) is 0 Å². The number of rotatable bonds is 6. The van der Waals surface area contributed by atoms with Gasteiger partial charge in [0.25, 0.3) is 0 Å². The molecule has 0 aliphatic carbocycles. The number of para-hydroxylation sites is 1. The van der Waals surface area contributed by atoms with Crippen LogP contribution in [-0.4, -0.2) is 26.3 Å². The molecule has 3 rings (SSSR count). The lowest BCUT2D eigenvalue weighted by molar-refractivity contribution is -0.142. The maximum atomic E-state index is 11.3. The molecule has 5 heteroatoms. The molecule has 144 valence electrons. The van der Waals surface area contributed by atoms with E-state index >= 15 is 0 Å². The average Bonchev–Trinajstić information content (AvgIpc) is 2.87. The fourth-order valence-corrected chi connectivity index (χ4v) is 3.54. The Morgan fingerprint density at radius 3 is 2.70 bits per heavy atom. The molecule has 1 aliphatic rings. The second kappa shape index (κ2) is 8.91. The maximum Gasteiger partial charge on any atom is 0.343 e. The van der Waals surface area contributed by atoms with Crippen LogP contribution in [0, 0.1) is 13.8 Å². The Balaban J connectivity index is 1.69. The molecule has 0 aromatic heterocycles. The van der Waals surface area contributed by atoms with Crippen molar-refractivity contribution in [3.05, 3.63) is 58.7 Å². The van der Waals surface area contributed by atoms with E-state index in [1.807, 2.05) is 26.0 Å². The highest BCUT2D eigenvalue weighted by molar-refractivity contribution is 5.71. The van der Waals surface area contributed by atoms with Gasteiger partial charge in [0.1, 0.15) is 11.5 Å². The standard InChI is InChI=1S/C22H27NO4/c1-15-11-17(12-16(2)22(15)27-14-21(24)25-3)13-23-19-8-6-10-26-20-9-5-4-7-18(19)20/h4-5,7,9,11-12,19,23H,6,8,10,13-14H2,1-3H3. The molecular weight excluding hydrogens is 342 g/mol. The molecule has 1 unspecified atom stereocenters. The van der Waals surface area contributed by atoms with Crippen LogP contribution in [0.25, 0.3) is 0 Å². The van der Waals surface area contributed by atoms with Crippen LogP contribution in [0.15, 0.2) is 36.4 Å². The minimum Gasteiger partial charge on any atom is -0.493 e. The first kappa shape index (κ1) is 19.2. The van der Waals surface area contributed by atoms with E-state index in [0.717, 1.165) is 48.6 Å². The van der Waals surface area contributed by atoms with Gasteiger partial charge in [-0.1, -0.05) is 30.3 Å². The van der Waals surface area contributed by atoms with Gasteiger partial charge in [-0.15, -0.1) is 0 Å². The van der Waals surface area contributed by atoms with Gasteiger partial charge in [-0.2, -0.15) is 0 Å². The number of carbonyl (C=O) groups excluding carboxylic acids is 1. The Kier molecular flexibility index (Phi) is 6.35. The summed E-state index contributed by atoms with van der Waals surface area (Å²) in [6.45, 7) is 5.45. The molecule has 2 aromatic carbocycles. The molecule has 1 heterocycles. The predicted octanol–water partition coefficient (Wildman–Crippen LogP) is 3.86. The Bertz CT molecular complexity index is 780. The third-order valence-corrected chi connectivity index (χ3v) is 4.82. The minimum absolute atomic E-state index is 0.0748. The first-order valence-electron chi connectivity index (χ1n) is 9.33. The van der Waals surface area contributed by atoms with Gasteiger partial charge < -0.3 is 19.5 Å². The van der Waals surface area contributed by atoms with Crippen molar-refractivity contribution in [3.63, 3.8) is 0 Å². The summed E-state index contributed by atoms with van der Waals surface area (Å²) in [5.74, 6) is 1.34. The SMILES string of the molecule is COC(=O)COc1c(C)cc(CNC2CCCOc3ccccc32)cc1C.